The molecule has 1 aromatic rings. The summed E-state index contributed by atoms with van der Waals surface area (Å²) in [6.45, 7) is 5.37. The molecule has 1 aromatic carbocycles. The second-order valence-electron chi connectivity index (χ2n) is 4.82. The number of rotatable bonds is 4. The Balaban J connectivity index is 3.26. The second kappa shape index (κ2) is 5.84. The maximum atomic E-state index is 14.0. The van der Waals surface area contributed by atoms with Crippen molar-refractivity contribution >= 4 is 15.9 Å². The predicted octanol–water partition coefficient (Wildman–Crippen LogP) is 1.39. The van der Waals surface area contributed by atoms with E-state index >= 15 is 0 Å². The monoisotopic (exact) mass is 306 g/mol. The first kappa shape index (κ1) is 16.5. The molecule has 0 aliphatic rings. The van der Waals surface area contributed by atoms with Crippen LogP contribution in [0.3, 0.4) is 0 Å². The van der Waals surface area contributed by atoms with Crippen LogP contribution >= 0.6 is 0 Å². The minimum absolute atomic E-state index is 0.0771. The molecule has 3 N–H and O–H groups in total. The van der Waals surface area contributed by atoms with Crippen LogP contribution in [0.1, 0.15) is 31.1 Å². The third-order valence-electron chi connectivity index (χ3n) is 2.91. The maximum Gasteiger partial charge on any atom is 0.254 e. The Bertz CT molecular complexity index is 630. The highest BCUT2D eigenvalue weighted by Crippen LogP contribution is 2.19. The molecule has 0 radical (unpaired) electrons. The van der Waals surface area contributed by atoms with Crippen molar-refractivity contribution in [3.8, 4) is 0 Å². The summed E-state index contributed by atoms with van der Waals surface area (Å²) in [5.41, 5.74) is -0.693. The molecule has 0 aromatic heterocycles. The number of nitrogens with two attached hydrogens (primary N) is 1. The van der Waals surface area contributed by atoms with Crippen molar-refractivity contribution in [3.63, 3.8) is 0 Å². The molecule has 0 bridgehead atoms. The molecule has 0 aliphatic carbocycles. The van der Waals surface area contributed by atoms with Gasteiger partial charge in [0.2, 0.25) is 10.0 Å². The van der Waals surface area contributed by atoms with Gasteiger partial charge in [-0.25, -0.2) is 22.3 Å². The molecular formula is C12H16F2N2O3S. The SMILES string of the molecule is CC(C)C(C)NC(=O)c1cc(F)cc(S(N)(=O)=O)c1F. The lowest BCUT2D eigenvalue weighted by molar-refractivity contribution is 0.0925. The van der Waals surface area contributed by atoms with Crippen molar-refractivity contribution in [2.45, 2.75) is 31.7 Å². The molecule has 1 amide bonds. The van der Waals surface area contributed by atoms with E-state index in [0.29, 0.717) is 12.1 Å². The minimum Gasteiger partial charge on any atom is -0.349 e. The van der Waals surface area contributed by atoms with E-state index in [0.717, 1.165) is 0 Å². The van der Waals surface area contributed by atoms with Gasteiger partial charge in [-0.05, 0) is 25.0 Å². The lowest BCUT2D eigenvalue weighted by Gasteiger charge is -2.18. The lowest BCUT2D eigenvalue weighted by Crippen LogP contribution is -2.36. The van der Waals surface area contributed by atoms with E-state index in [1.165, 1.54) is 0 Å². The number of amides is 1. The van der Waals surface area contributed by atoms with E-state index in [1.54, 1.807) is 6.92 Å². The smallest absolute Gasteiger partial charge is 0.254 e. The zero-order valence-corrected chi connectivity index (χ0v) is 12.1. The molecule has 0 saturated heterocycles. The van der Waals surface area contributed by atoms with E-state index in [-0.39, 0.29) is 12.0 Å². The number of carbonyl (C=O) groups excluding carboxylic acids is 1. The first-order chi connectivity index (χ1) is 9.04. The van der Waals surface area contributed by atoms with Crippen molar-refractivity contribution in [2.75, 3.05) is 0 Å². The number of sulfonamides is 1. The molecule has 5 nitrogen and oxygen atoms in total. The van der Waals surface area contributed by atoms with E-state index in [4.69, 9.17) is 5.14 Å². The summed E-state index contributed by atoms with van der Waals surface area (Å²) >= 11 is 0. The average Bonchev–Trinajstić information content (AvgIpc) is 2.29. The third-order valence-corrected chi connectivity index (χ3v) is 3.82. The quantitative estimate of drug-likeness (QED) is 0.881. The van der Waals surface area contributed by atoms with Crippen LogP contribution in [0.15, 0.2) is 17.0 Å². The van der Waals surface area contributed by atoms with E-state index < -0.39 is 38.0 Å². The predicted molar refractivity (Wildman–Crippen MR) is 69.5 cm³/mol. The van der Waals surface area contributed by atoms with Gasteiger partial charge in [-0.3, -0.25) is 4.79 Å². The highest BCUT2D eigenvalue weighted by molar-refractivity contribution is 7.89. The Morgan fingerprint density at radius 2 is 1.80 bits per heavy atom. The van der Waals surface area contributed by atoms with E-state index in [2.05, 4.69) is 5.32 Å². The van der Waals surface area contributed by atoms with Crippen molar-refractivity contribution < 1.29 is 22.0 Å². The van der Waals surface area contributed by atoms with Gasteiger partial charge in [-0.1, -0.05) is 13.8 Å². The fraction of sp³-hybridized carbons (Fsp3) is 0.417. The average molecular weight is 306 g/mol. The fourth-order valence-electron chi connectivity index (χ4n) is 1.39. The van der Waals surface area contributed by atoms with Gasteiger partial charge in [0.25, 0.3) is 5.91 Å². The molecule has 0 aliphatic heterocycles. The van der Waals surface area contributed by atoms with Crippen LogP contribution in [-0.4, -0.2) is 20.4 Å². The zero-order chi connectivity index (χ0) is 15.7. The number of hydrogen-bond donors (Lipinski definition) is 2. The number of hydrogen-bond acceptors (Lipinski definition) is 3. The molecular weight excluding hydrogens is 290 g/mol. The van der Waals surface area contributed by atoms with Crippen LogP contribution in [0.25, 0.3) is 0 Å². The summed E-state index contributed by atoms with van der Waals surface area (Å²) < 4.78 is 49.6. The lowest BCUT2D eigenvalue weighted by atomic mass is 10.1. The molecule has 0 spiro atoms. The van der Waals surface area contributed by atoms with Crippen molar-refractivity contribution in [2.24, 2.45) is 11.1 Å². The van der Waals surface area contributed by atoms with Gasteiger partial charge >= 0.3 is 0 Å². The molecule has 20 heavy (non-hydrogen) atoms. The molecule has 112 valence electrons. The highest BCUT2D eigenvalue weighted by Gasteiger charge is 2.24. The Kier molecular flexibility index (Phi) is 4.82. The van der Waals surface area contributed by atoms with Crippen molar-refractivity contribution in [1.82, 2.24) is 5.32 Å². The fourth-order valence-corrected chi connectivity index (χ4v) is 2.02. The molecule has 0 saturated carbocycles. The Labute approximate surface area is 116 Å². The van der Waals surface area contributed by atoms with Gasteiger partial charge in [0, 0.05) is 6.04 Å². The van der Waals surface area contributed by atoms with Crippen LogP contribution in [0.2, 0.25) is 0 Å². The van der Waals surface area contributed by atoms with E-state index in [1.807, 2.05) is 13.8 Å². The van der Waals surface area contributed by atoms with Crippen molar-refractivity contribution in [3.05, 3.63) is 29.3 Å². The zero-order valence-electron chi connectivity index (χ0n) is 11.3. The number of benzene rings is 1. The topological polar surface area (TPSA) is 89.3 Å². The Hall–Kier alpha value is -1.54. The maximum absolute atomic E-state index is 14.0. The summed E-state index contributed by atoms with van der Waals surface area (Å²) in [6.07, 6.45) is 0. The molecule has 8 heteroatoms. The molecule has 0 heterocycles. The van der Waals surface area contributed by atoms with Crippen LogP contribution in [0.4, 0.5) is 8.78 Å². The number of nitrogens with one attached hydrogen (secondary N) is 1. The van der Waals surface area contributed by atoms with Crippen molar-refractivity contribution in [1.29, 1.82) is 0 Å². The molecule has 0 fully saturated rings. The summed E-state index contributed by atoms with van der Waals surface area (Å²) in [6, 6.07) is 0.780. The first-order valence-corrected chi connectivity index (χ1v) is 7.41. The summed E-state index contributed by atoms with van der Waals surface area (Å²) in [5.74, 6) is -3.23. The number of primary sulfonamides is 1. The second-order valence-corrected chi connectivity index (χ2v) is 6.35. The van der Waals surface area contributed by atoms with Gasteiger partial charge < -0.3 is 5.32 Å². The number of carbonyl (C=O) groups is 1. The summed E-state index contributed by atoms with van der Waals surface area (Å²) in [4.78, 5) is 10.8. The first-order valence-electron chi connectivity index (χ1n) is 5.86. The molecule has 1 rings (SSSR count). The summed E-state index contributed by atoms with van der Waals surface area (Å²) in [5, 5.41) is 7.24. The standard InChI is InChI=1S/C12H16F2N2O3S/c1-6(2)7(3)16-12(17)9-4-8(13)5-10(11(9)14)20(15,18)19/h4-7H,1-3H3,(H,16,17)(H2,15,18,19). The number of halogens is 2. The van der Waals surface area contributed by atoms with Crippen LogP contribution in [0.5, 0.6) is 0 Å². The van der Waals surface area contributed by atoms with Crippen LogP contribution in [-0.2, 0) is 10.0 Å². The molecule has 1 unspecified atom stereocenters. The third kappa shape index (κ3) is 3.73. The van der Waals surface area contributed by atoms with Gasteiger partial charge in [0.05, 0.1) is 5.56 Å². The minimum atomic E-state index is -4.45. The highest BCUT2D eigenvalue weighted by atomic mass is 32.2. The molecule has 1 atom stereocenters. The van der Waals surface area contributed by atoms with Crippen LogP contribution < -0.4 is 10.5 Å². The summed E-state index contributed by atoms with van der Waals surface area (Å²) in [7, 11) is -4.45. The van der Waals surface area contributed by atoms with E-state index in [9.17, 15) is 22.0 Å². The van der Waals surface area contributed by atoms with Gasteiger partial charge in [-0.15, -0.1) is 0 Å². The normalized spacial score (nSPS) is 13.3. The van der Waals surface area contributed by atoms with Gasteiger partial charge in [0.15, 0.2) is 5.82 Å². The largest absolute Gasteiger partial charge is 0.349 e. The van der Waals surface area contributed by atoms with Gasteiger partial charge in [0.1, 0.15) is 10.7 Å². The Morgan fingerprint density at radius 1 is 1.25 bits per heavy atom. The van der Waals surface area contributed by atoms with Crippen LogP contribution in [0, 0.1) is 17.6 Å². The Morgan fingerprint density at radius 3 is 2.25 bits per heavy atom. The van der Waals surface area contributed by atoms with Gasteiger partial charge in [-0.2, -0.15) is 0 Å².